The third kappa shape index (κ3) is 4.47. The third-order valence-corrected chi connectivity index (χ3v) is 5.83. The molecule has 13 nitrogen and oxygen atoms in total. The second-order valence-corrected chi connectivity index (χ2v) is 8.18. The van der Waals surface area contributed by atoms with Crippen LogP contribution in [-0.2, 0) is 16.0 Å². The van der Waals surface area contributed by atoms with Gasteiger partial charge in [0.25, 0.3) is 0 Å². The number of carbonyl (C=O) groups is 1. The molecule has 1 saturated heterocycles. The topological polar surface area (TPSA) is 216 Å². The fraction of sp³-hybridized carbons (Fsp3) is 0.409. The molecule has 4 rings (SSSR count). The van der Waals surface area contributed by atoms with E-state index in [9.17, 15) is 45.6 Å². The lowest BCUT2D eigenvalue weighted by Gasteiger charge is -2.38. The van der Waals surface area contributed by atoms with Crippen LogP contribution < -0.4 is 14.2 Å². The van der Waals surface area contributed by atoms with Crippen LogP contribution in [0.15, 0.2) is 24.3 Å². The maximum absolute atomic E-state index is 11.4. The largest absolute Gasteiger partial charge is 0.508 e. The summed E-state index contributed by atoms with van der Waals surface area (Å²) in [6.45, 7) is 0. The van der Waals surface area contributed by atoms with E-state index < -0.39 is 54.6 Å². The minimum Gasteiger partial charge on any atom is -0.508 e. The van der Waals surface area contributed by atoms with Crippen LogP contribution >= 0.6 is 0 Å². The van der Waals surface area contributed by atoms with E-state index in [2.05, 4.69) is 0 Å². The highest BCUT2D eigenvalue weighted by atomic mass is 16.7. The number of phenols is 3. The number of hydrogen-bond donors (Lipinski definition) is 8. The van der Waals surface area contributed by atoms with Gasteiger partial charge in [-0.25, -0.2) is 4.79 Å². The predicted octanol–water partition coefficient (Wildman–Crippen LogP) is -0.880. The molecular weight excluding hydrogens is 472 g/mol. The van der Waals surface area contributed by atoms with Crippen LogP contribution in [0.4, 0.5) is 0 Å². The first kappa shape index (κ1) is 24.6. The highest BCUT2D eigenvalue weighted by Crippen LogP contribution is 2.46. The number of aliphatic hydroxyl groups excluding tert-OH is 4. The number of ether oxygens (including phenoxy) is 4. The summed E-state index contributed by atoms with van der Waals surface area (Å²) in [5.41, 5.74) is 0.423. The maximum atomic E-state index is 11.4. The van der Waals surface area contributed by atoms with Crippen molar-refractivity contribution in [2.24, 2.45) is 0 Å². The average Bonchev–Trinajstić information content (AvgIpc) is 2.79. The summed E-state index contributed by atoms with van der Waals surface area (Å²) in [7, 11) is 1.20. The van der Waals surface area contributed by atoms with E-state index in [1.807, 2.05) is 0 Å². The van der Waals surface area contributed by atoms with Crippen LogP contribution in [0, 0.1) is 0 Å². The first-order valence-electron chi connectivity index (χ1n) is 10.4. The van der Waals surface area contributed by atoms with Gasteiger partial charge in [-0.05, 0) is 12.1 Å². The van der Waals surface area contributed by atoms with E-state index in [1.54, 1.807) is 0 Å². The number of aliphatic hydroxyl groups is 4. The second-order valence-electron chi connectivity index (χ2n) is 8.18. The van der Waals surface area contributed by atoms with Gasteiger partial charge in [0.2, 0.25) is 12.0 Å². The Morgan fingerprint density at radius 1 is 0.971 bits per heavy atom. The quantitative estimate of drug-likeness (QED) is 0.253. The molecule has 2 aromatic rings. The predicted molar refractivity (Wildman–Crippen MR) is 112 cm³/mol. The van der Waals surface area contributed by atoms with Crippen molar-refractivity contribution in [2.45, 2.75) is 49.3 Å². The number of hydrogen-bond acceptors (Lipinski definition) is 12. The summed E-state index contributed by atoms with van der Waals surface area (Å²) in [5.74, 6) is -3.02. The average molecular weight is 496 g/mol. The van der Waals surface area contributed by atoms with Gasteiger partial charge < -0.3 is 59.8 Å². The Kier molecular flexibility index (Phi) is 6.53. The normalized spacial score (nSPS) is 30.1. The van der Waals surface area contributed by atoms with Gasteiger partial charge in [0.1, 0.15) is 35.6 Å². The lowest BCUT2D eigenvalue weighted by Crippen LogP contribution is -2.61. The Morgan fingerprint density at radius 2 is 1.69 bits per heavy atom. The molecule has 0 amide bonds. The highest BCUT2D eigenvalue weighted by molar-refractivity contribution is 5.73. The van der Waals surface area contributed by atoms with E-state index in [-0.39, 0.29) is 46.3 Å². The van der Waals surface area contributed by atoms with Gasteiger partial charge in [-0.15, -0.1) is 0 Å². The summed E-state index contributed by atoms with van der Waals surface area (Å²) in [4.78, 5) is 11.4. The number of benzene rings is 2. The number of aromatic hydroxyl groups is 3. The summed E-state index contributed by atoms with van der Waals surface area (Å²) in [5, 5.41) is 80.3. The fourth-order valence-electron chi connectivity index (χ4n) is 4.09. The Hall–Kier alpha value is -3.49. The molecule has 0 spiro atoms. The molecule has 0 saturated carbocycles. The van der Waals surface area contributed by atoms with E-state index in [0.717, 1.165) is 6.07 Å². The van der Waals surface area contributed by atoms with E-state index >= 15 is 0 Å². The van der Waals surface area contributed by atoms with Crippen LogP contribution in [0.25, 0.3) is 0 Å². The molecule has 0 radical (unpaired) electrons. The molecule has 13 heteroatoms. The number of aliphatic carboxylic acids is 1. The Bertz CT molecular complexity index is 1120. The zero-order valence-corrected chi connectivity index (χ0v) is 18.2. The van der Waals surface area contributed by atoms with Gasteiger partial charge in [0.15, 0.2) is 23.7 Å². The van der Waals surface area contributed by atoms with Crippen molar-refractivity contribution in [1.82, 2.24) is 0 Å². The molecule has 7 atom stereocenters. The van der Waals surface area contributed by atoms with Gasteiger partial charge in [-0.1, -0.05) is 0 Å². The van der Waals surface area contributed by atoms with Gasteiger partial charge in [0, 0.05) is 29.7 Å². The van der Waals surface area contributed by atoms with Crippen LogP contribution in [-0.4, -0.2) is 90.7 Å². The van der Waals surface area contributed by atoms with Crippen LogP contribution in [0.3, 0.4) is 0 Å². The Balaban J connectivity index is 1.68. The van der Waals surface area contributed by atoms with Crippen LogP contribution in [0.1, 0.15) is 17.2 Å². The molecule has 2 heterocycles. The maximum Gasteiger partial charge on any atom is 0.335 e. The smallest absolute Gasteiger partial charge is 0.335 e. The molecule has 0 aliphatic carbocycles. The monoisotopic (exact) mass is 496 g/mol. The Morgan fingerprint density at radius 3 is 2.34 bits per heavy atom. The van der Waals surface area contributed by atoms with Crippen molar-refractivity contribution in [3.05, 3.63) is 35.4 Å². The summed E-state index contributed by atoms with van der Waals surface area (Å²) >= 11 is 0. The van der Waals surface area contributed by atoms with Crippen molar-refractivity contribution < 1.29 is 64.6 Å². The lowest BCUT2D eigenvalue weighted by molar-refractivity contribution is -0.271. The SMILES string of the molecule is COc1c(O)cc(C2Oc3cc(O)cc(O)c3CC2O)cc1OC1OC(C(=O)O)C(O)C(O)C1O. The molecule has 190 valence electrons. The van der Waals surface area contributed by atoms with Gasteiger partial charge in [0.05, 0.1) is 13.2 Å². The van der Waals surface area contributed by atoms with Crippen molar-refractivity contribution in [3.63, 3.8) is 0 Å². The molecule has 2 aliphatic heterocycles. The van der Waals surface area contributed by atoms with Crippen LogP contribution in [0.5, 0.6) is 34.5 Å². The van der Waals surface area contributed by atoms with Crippen LogP contribution in [0.2, 0.25) is 0 Å². The zero-order chi connectivity index (χ0) is 25.6. The minimum absolute atomic E-state index is 0.0517. The summed E-state index contributed by atoms with van der Waals surface area (Å²) in [6, 6.07) is 4.83. The van der Waals surface area contributed by atoms with Crippen molar-refractivity contribution in [3.8, 4) is 34.5 Å². The zero-order valence-electron chi connectivity index (χ0n) is 18.2. The molecule has 2 aromatic carbocycles. The standard InChI is InChI=1S/C22H24O13/c1-32-19-11(25)2-7(18-12(26)6-9-10(24)4-8(23)5-13(9)33-18)3-14(19)34-22-17(29)15(27)16(28)20(35-22)21(30)31/h2-5,12,15-18,20,22-29H,6H2,1H3,(H,30,31). The fourth-order valence-corrected chi connectivity index (χ4v) is 4.09. The van der Waals surface area contributed by atoms with Gasteiger partial charge in [-0.3, -0.25) is 0 Å². The molecule has 7 unspecified atom stereocenters. The van der Waals surface area contributed by atoms with E-state index in [0.29, 0.717) is 0 Å². The first-order valence-corrected chi connectivity index (χ1v) is 10.4. The van der Waals surface area contributed by atoms with Crippen molar-refractivity contribution in [2.75, 3.05) is 7.11 Å². The number of phenolic OH excluding ortho intramolecular Hbond substituents is 3. The molecule has 0 bridgehead atoms. The first-order chi connectivity index (χ1) is 16.5. The number of carboxylic acid groups (broad SMARTS) is 1. The second kappa shape index (κ2) is 9.28. The minimum atomic E-state index is -1.93. The van der Waals surface area contributed by atoms with E-state index in [1.165, 1.54) is 25.3 Å². The molecule has 1 fully saturated rings. The highest BCUT2D eigenvalue weighted by Gasteiger charge is 2.48. The number of fused-ring (bicyclic) bond motifs is 1. The number of rotatable bonds is 5. The third-order valence-electron chi connectivity index (χ3n) is 5.83. The van der Waals surface area contributed by atoms with Gasteiger partial charge >= 0.3 is 5.97 Å². The summed E-state index contributed by atoms with van der Waals surface area (Å²) in [6.07, 6.45) is -11.8. The van der Waals surface area contributed by atoms with Crippen molar-refractivity contribution >= 4 is 5.97 Å². The Labute approximate surface area is 197 Å². The van der Waals surface area contributed by atoms with Gasteiger partial charge in [-0.2, -0.15) is 0 Å². The molecular formula is C22H24O13. The lowest BCUT2D eigenvalue weighted by atomic mass is 9.93. The molecule has 8 N–H and O–H groups in total. The number of carboxylic acids is 1. The number of methoxy groups -OCH3 is 1. The van der Waals surface area contributed by atoms with Crippen molar-refractivity contribution in [1.29, 1.82) is 0 Å². The molecule has 0 aromatic heterocycles. The van der Waals surface area contributed by atoms with E-state index in [4.69, 9.17) is 18.9 Å². The molecule has 2 aliphatic rings. The summed E-state index contributed by atoms with van der Waals surface area (Å²) < 4.78 is 21.5. The molecule has 35 heavy (non-hydrogen) atoms.